The van der Waals surface area contributed by atoms with Gasteiger partial charge in [0.2, 0.25) is 6.34 Å². The number of nitrogens with zero attached hydrogens (tertiary/aromatic N) is 4. The van der Waals surface area contributed by atoms with Crippen molar-refractivity contribution in [3.63, 3.8) is 0 Å². The number of rotatable bonds is 3. The van der Waals surface area contributed by atoms with Crippen LogP contribution in [0.3, 0.4) is 0 Å². The van der Waals surface area contributed by atoms with Gasteiger partial charge in [-0.15, -0.1) is 0 Å². The quantitative estimate of drug-likeness (QED) is 0.814. The first-order valence-electron chi connectivity index (χ1n) is 7.42. The third kappa shape index (κ3) is 2.19. The smallest absolute Gasteiger partial charge is 0.245 e. The number of aliphatic imine (C=N–C) groups is 1. The molecule has 5 heteroatoms. The molecule has 0 spiro atoms. The van der Waals surface area contributed by atoms with Gasteiger partial charge in [0.15, 0.2) is 0 Å². The Bertz CT molecular complexity index is 731. The van der Waals surface area contributed by atoms with Gasteiger partial charge in [0.1, 0.15) is 17.7 Å². The molecule has 1 aliphatic rings. The van der Waals surface area contributed by atoms with E-state index in [1.807, 2.05) is 37.3 Å². The van der Waals surface area contributed by atoms with Crippen molar-refractivity contribution >= 4 is 18.1 Å². The van der Waals surface area contributed by atoms with E-state index >= 15 is 0 Å². The molecule has 1 atom stereocenters. The molecule has 0 fully saturated rings. The van der Waals surface area contributed by atoms with E-state index in [2.05, 4.69) is 16.9 Å². The molecule has 0 N–H and O–H groups in total. The van der Waals surface area contributed by atoms with Crippen LogP contribution in [0.1, 0.15) is 25.8 Å². The van der Waals surface area contributed by atoms with Crippen LogP contribution in [0, 0.1) is 0 Å². The fraction of sp³-hybridized carbons (Fsp3) is 0.235. The molecule has 1 aromatic carbocycles. The first-order chi connectivity index (χ1) is 10.7. The van der Waals surface area contributed by atoms with Crippen LogP contribution < -0.4 is 0 Å². The minimum absolute atomic E-state index is 0.0495. The summed E-state index contributed by atoms with van der Waals surface area (Å²) in [6.45, 7) is 4.74. The SMILES string of the molecule is CCC[N+]1(C(=O)n2ccnc2)C=NC(c2ccccc2)=C1C. The molecule has 5 nitrogen and oxygen atoms in total. The molecule has 1 aliphatic heterocycles. The molecular weight excluding hydrogens is 276 g/mol. The first kappa shape index (κ1) is 14.4. The lowest BCUT2D eigenvalue weighted by molar-refractivity contribution is -0.706. The number of benzene rings is 1. The highest BCUT2D eigenvalue weighted by atomic mass is 16.2. The predicted octanol–water partition coefficient (Wildman–Crippen LogP) is 3.51. The Labute approximate surface area is 129 Å². The minimum atomic E-state index is -0.0495. The summed E-state index contributed by atoms with van der Waals surface area (Å²) in [5, 5.41) is 0. The standard InChI is InChI=1S/C17H19N4O/c1-3-11-21(17(22)20-10-9-18-12-20)13-19-16(14(21)2)15-7-5-4-6-8-15/h4-10,12-13H,3,11H2,1-2H3/q+1. The Morgan fingerprint density at radius 1 is 1.27 bits per heavy atom. The average molecular weight is 295 g/mol. The number of carbonyl (C=O) groups is 1. The third-order valence-corrected chi connectivity index (χ3v) is 4.02. The molecule has 0 bridgehead atoms. The molecule has 0 saturated carbocycles. The van der Waals surface area contributed by atoms with E-state index in [1.165, 1.54) is 4.57 Å². The second-order valence-electron chi connectivity index (χ2n) is 5.39. The summed E-state index contributed by atoms with van der Waals surface area (Å²) in [5.74, 6) is 0. The zero-order valence-corrected chi connectivity index (χ0v) is 12.8. The number of imidazole rings is 1. The molecule has 2 aromatic rings. The second kappa shape index (κ2) is 5.69. The lowest BCUT2D eigenvalue weighted by atomic mass is 10.1. The summed E-state index contributed by atoms with van der Waals surface area (Å²) in [6.07, 6.45) is 7.47. The van der Waals surface area contributed by atoms with Gasteiger partial charge in [0.05, 0.1) is 6.54 Å². The van der Waals surface area contributed by atoms with E-state index in [0.717, 1.165) is 23.4 Å². The summed E-state index contributed by atoms with van der Waals surface area (Å²) in [6, 6.07) is 9.92. The van der Waals surface area contributed by atoms with E-state index in [4.69, 9.17) is 0 Å². The van der Waals surface area contributed by atoms with Crippen molar-refractivity contribution < 1.29 is 9.28 Å². The van der Waals surface area contributed by atoms with Gasteiger partial charge in [-0.3, -0.25) is 0 Å². The molecule has 0 radical (unpaired) electrons. The summed E-state index contributed by atoms with van der Waals surface area (Å²) in [5.41, 5.74) is 2.86. The maximum Gasteiger partial charge on any atom is 0.439 e. The molecule has 3 rings (SSSR count). The Morgan fingerprint density at radius 2 is 2.05 bits per heavy atom. The zero-order chi connectivity index (χ0) is 15.6. The number of hydrogen-bond acceptors (Lipinski definition) is 3. The van der Waals surface area contributed by atoms with Gasteiger partial charge >= 0.3 is 6.03 Å². The Balaban J connectivity index is 2.08. The van der Waals surface area contributed by atoms with E-state index < -0.39 is 0 Å². The van der Waals surface area contributed by atoms with Crippen LogP contribution in [-0.2, 0) is 0 Å². The maximum atomic E-state index is 13.0. The number of hydrogen-bond donors (Lipinski definition) is 0. The fourth-order valence-electron chi connectivity index (χ4n) is 2.85. The fourth-order valence-corrected chi connectivity index (χ4v) is 2.85. The van der Waals surface area contributed by atoms with Crippen molar-refractivity contribution in [2.45, 2.75) is 20.3 Å². The highest BCUT2D eigenvalue weighted by Gasteiger charge is 2.44. The van der Waals surface area contributed by atoms with Crippen LogP contribution in [0.5, 0.6) is 0 Å². The highest BCUT2D eigenvalue weighted by Crippen LogP contribution is 2.33. The van der Waals surface area contributed by atoms with E-state index in [0.29, 0.717) is 6.54 Å². The van der Waals surface area contributed by atoms with Gasteiger partial charge in [-0.1, -0.05) is 37.3 Å². The molecule has 1 amide bonds. The summed E-state index contributed by atoms with van der Waals surface area (Å²) >= 11 is 0. The van der Waals surface area contributed by atoms with Gasteiger partial charge < -0.3 is 0 Å². The van der Waals surface area contributed by atoms with Crippen LogP contribution in [-0.4, -0.2) is 32.9 Å². The van der Waals surface area contributed by atoms with Crippen LogP contribution >= 0.6 is 0 Å². The van der Waals surface area contributed by atoms with Crippen LogP contribution in [0.4, 0.5) is 4.79 Å². The molecule has 2 heterocycles. The number of allylic oxidation sites excluding steroid dienone is 1. The number of quaternary nitrogens is 1. The second-order valence-corrected chi connectivity index (χ2v) is 5.39. The Hall–Kier alpha value is -2.53. The van der Waals surface area contributed by atoms with Crippen molar-refractivity contribution in [3.8, 4) is 0 Å². The summed E-state index contributed by atoms with van der Waals surface area (Å²) in [4.78, 5) is 21.5. The normalized spacial score (nSPS) is 20.6. The van der Waals surface area contributed by atoms with Crippen molar-refractivity contribution in [1.29, 1.82) is 0 Å². The lowest BCUT2D eigenvalue weighted by Gasteiger charge is -2.27. The zero-order valence-electron chi connectivity index (χ0n) is 12.8. The van der Waals surface area contributed by atoms with Crippen LogP contribution in [0.25, 0.3) is 5.70 Å². The Kier molecular flexibility index (Phi) is 3.73. The minimum Gasteiger partial charge on any atom is -0.245 e. The van der Waals surface area contributed by atoms with Gasteiger partial charge in [-0.05, 0) is 6.42 Å². The van der Waals surface area contributed by atoms with E-state index in [-0.39, 0.29) is 10.5 Å². The highest BCUT2D eigenvalue weighted by molar-refractivity contribution is 5.87. The van der Waals surface area contributed by atoms with E-state index in [1.54, 1.807) is 25.1 Å². The van der Waals surface area contributed by atoms with Crippen LogP contribution in [0.2, 0.25) is 0 Å². The molecule has 22 heavy (non-hydrogen) atoms. The van der Waals surface area contributed by atoms with Gasteiger partial charge in [-0.25, -0.2) is 14.3 Å². The summed E-state index contributed by atoms with van der Waals surface area (Å²) < 4.78 is 1.65. The van der Waals surface area contributed by atoms with Crippen molar-refractivity contribution in [1.82, 2.24) is 9.55 Å². The monoisotopic (exact) mass is 295 g/mol. The Morgan fingerprint density at radius 3 is 2.68 bits per heavy atom. The van der Waals surface area contributed by atoms with Gasteiger partial charge in [-0.2, -0.15) is 9.48 Å². The molecular formula is C17H19N4O+. The average Bonchev–Trinajstić information content (AvgIpc) is 3.18. The van der Waals surface area contributed by atoms with Gasteiger partial charge in [0, 0.05) is 24.9 Å². The number of amides is 1. The largest absolute Gasteiger partial charge is 0.439 e. The van der Waals surface area contributed by atoms with Crippen molar-refractivity contribution in [2.75, 3.05) is 6.54 Å². The molecule has 0 saturated heterocycles. The maximum absolute atomic E-state index is 13.0. The molecule has 112 valence electrons. The van der Waals surface area contributed by atoms with Crippen LogP contribution in [0.15, 0.2) is 59.7 Å². The predicted molar refractivity (Wildman–Crippen MR) is 86.0 cm³/mol. The van der Waals surface area contributed by atoms with Crippen molar-refractivity contribution in [2.24, 2.45) is 4.99 Å². The third-order valence-electron chi connectivity index (χ3n) is 4.02. The number of aromatic nitrogens is 2. The topological polar surface area (TPSA) is 47.2 Å². The number of carbonyl (C=O) groups excluding carboxylic acids is 1. The molecule has 1 aromatic heterocycles. The summed E-state index contributed by atoms with van der Waals surface area (Å²) in [7, 11) is 0. The lowest BCUT2D eigenvalue weighted by Crippen LogP contribution is -2.51. The molecule has 1 unspecified atom stereocenters. The van der Waals surface area contributed by atoms with E-state index in [9.17, 15) is 4.79 Å². The molecule has 0 aliphatic carbocycles. The van der Waals surface area contributed by atoms with Gasteiger partial charge in [0.25, 0.3) is 0 Å². The van der Waals surface area contributed by atoms with Crippen molar-refractivity contribution in [3.05, 3.63) is 60.3 Å². The first-order valence-corrected chi connectivity index (χ1v) is 7.42.